The zero-order valence-electron chi connectivity index (χ0n) is 21.6. The molecule has 0 aliphatic carbocycles. The van der Waals surface area contributed by atoms with E-state index in [4.69, 9.17) is 9.84 Å². The summed E-state index contributed by atoms with van der Waals surface area (Å²) < 4.78 is 6.94. The number of hydrogen-bond donors (Lipinski definition) is 1. The van der Waals surface area contributed by atoms with Crippen LogP contribution >= 0.6 is 0 Å². The van der Waals surface area contributed by atoms with Crippen LogP contribution in [0.5, 0.6) is 5.75 Å². The highest BCUT2D eigenvalue weighted by molar-refractivity contribution is 5.99. The Morgan fingerprint density at radius 2 is 1.71 bits per heavy atom. The van der Waals surface area contributed by atoms with Crippen LogP contribution < -0.4 is 10.1 Å². The number of aryl methyl sites for hydroxylation is 1. The molecule has 0 unspecified atom stereocenters. The molecule has 35 heavy (non-hydrogen) atoms. The number of carbonyl (C=O) groups excluding carboxylic acids is 2. The molecule has 0 fully saturated rings. The molecule has 0 aliphatic heterocycles. The van der Waals surface area contributed by atoms with Gasteiger partial charge < -0.3 is 15.0 Å². The van der Waals surface area contributed by atoms with E-state index in [0.717, 1.165) is 29.8 Å². The van der Waals surface area contributed by atoms with Crippen LogP contribution in [0.3, 0.4) is 0 Å². The van der Waals surface area contributed by atoms with Gasteiger partial charge in [-0.2, -0.15) is 5.10 Å². The maximum absolute atomic E-state index is 13.2. The normalized spacial score (nSPS) is 11.3. The van der Waals surface area contributed by atoms with Crippen molar-refractivity contribution in [2.45, 2.75) is 52.9 Å². The zero-order chi connectivity index (χ0) is 25.6. The largest absolute Gasteiger partial charge is 0.497 e. The molecule has 2 aromatic carbocycles. The molecule has 186 valence electrons. The molecule has 0 bridgehead atoms. The molecular weight excluding hydrogens is 440 g/mol. The Bertz CT molecular complexity index is 1140. The first-order valence-electron chi connectivity index (χ1n) is 12.0. The lowest BCUT2D eigenvalue weighted by atomic mass is 9.92. The van der Waals surface area contributed by atoms with Crippen molar-refractivity contribution in [2.24, 2.45) is 0 Å². The minimum absolute atomic E-state index is 0.0468. The van der Waals surface area contributed by atoms with E-state index in [1.165, 1.54) is 0 Å². The van der Waals surface area contributed by atoms with Crippen LogP contribution in [0.25, 0.3) is 5.69 Å². The second kappa shape index (κ2) is 11.2. The maximum atomic E-state index is 13.2. The lowest BCUT2D eigenvalue weighted by molar-refractivity contribution is -0.117. The van der Waals surface area contributed by atoms with Gasteiger partial charge in [0.2, 0.25) is 5.91 Å². The van der Waals surface area contributed by atoms with Crippen LogP contribution in [-0.4, -0.2) is 46.7 Å². The van der Waals surface area contributed by atoms with Crippen LogP contribution in [0.1, 0.15) is 62.2 Å². The van der Waals surface area contributed by atoms with Gasteiger partial charge in [-0.1, -0.05) is 51.8 Å². The quantitative estimate of drug-likeness (QED) is 0.451. The molecule has 1 N–H and O–H groups in total. The Hall–Kier alpha value is -3.61. The number of methoxy groups -OCH3 is 1. The number of nitrogens with zero attached hydrogens (tertiary/aromatic N) is 3. The molecule has 0 saturated carbocycles. The van der Waals surface area contributed by atoms with Gasteiger partial charge in [0.05, 0.1) is 18.5 Å². The molecule has 0 atom stereocenters. The number of benzene rings is 2. The van der Waals surface area contributed by atoms with Gasteiger partial charge in [-0.15, -0.1) is 0 Å². The second-order valence-electron chi connectivity index (χ2n) is 9.77. The maximum Gasteiger partial charge on any atom is 0.254 e. The highest BCUT2D eigenvalue weighted by Gasteiger charge is 2.23. The van der Waals surface area contributed by atoms with E-state index >= 15 is 0 Å². The van der Waals surface area contributed by atoms with Crippen LogP contribution in [0, 0.1) is 6.92 Å². The van der Waals surface area contributed by atoms with E-state index in [1.54, 1.807) is 41.0 Å². The molecule has 0 aliphatic rings. The van der Waals surface area contributed by atoms with E-state index in [0.29, 0.717) is 23.7 Å². The average molecular weight is 477 g/mol. The molecule has 0 saturated heterocycles. The minimum Gasteiger partial charge on any atom is -0.497 e. The van der Waals surface area contributed by atoms with Crippen molar-refractivity contribution in [1.82, 2.24) is 14.7 Å². The van der Waals surface area contributed by atoms with Crippen molar-refractivity contribution < 1.29 is 14.3 Å². The van der Waals surface area contributed by atoms with Crippen LogP contribution in [0.15, 0.2) is 54.6 Å². The first-order chi connectivity index (χ1) is 16.6. The van der Waals surface area contributed by atoms with Gasteiger partial charge in [0.25, 0.3) is 5.91 Å². The summed E-state index contributed by atoms with van der Waals surface area (Å²) in [7, 11) is 1.58. The summed E-state index contributed by atoms with van der Waals surface area (Å²) >= 11 is 0. The number of anilines is 1. The fourth-order valence-corrected chi connectivity index (χ4v) is 3.59. The summed E-state index contributed by atoms with van der Waals surface area (Å²) in [6.07, 6.45) is 1.73. The van der Waals surface area contributed by atoms with Crippen molar-refractivity contribution in [3.8, 4) is 11.4 Å². The molecule has 3 aromatic rings. The minimum atomic E-state index is -0.267. The van der Waals surface area contributed by atoms with Crippen LogP contribution in [0.2, 0.25) is 0 Å². The van der Waals surface area contributed by atoms with Gasteiger partial charge >= 0.3 is 0 Å². The monoisotopic (exact) mass is 476 g/mol. The van der Waals surface area contributed by atoms with Crippen molar-refractivity contribution in [3.05, 3.63) is 71.4 Å². The standard InChI is InChI=1S/C28H36N4O3/c1-7-8-17-31(27(34)21-11-15-23(35-6)16-12-21)19-26(33)29-25-18-24(28(3,4)5)30-32(25)22-13-9-20(2)10-14-22/h9-16,18H,7-8,17,19H2,1-6H3,(H,29,33). The molecule has 7 nitrogen and oxygen atoms in total. The summed E-state index contributed by atoms with van der Waals surface area (Å²) in [6.45, 7) is 10.8. The van der Waals surface area contributed by atoms with E-state index in [1.807, 2.05) is 37.3 Å². The smallest absolute Gasteiger partial charge is 0.254 e. The lowest BCUT2D eigenvalue weighted by Crippen LogP contribution is -2.39. The van der Waals surface area contributed by atoms with E-state index < -0.39 is 0 Å². The molecule has 1 heterocycles. The summed E-state index contributed by atoms with van der Waals surface area (Å²) in [5, 5.41) is 7.77. The molecule has 1 aromatic heterocycles. The lowest BCUT2D eigenvalue weighted by Gasteiger charge is -2.22. The molecule has 0 radical (unpaired) electrons. The predicted molar refractivity (Wildman–Crippen MR) is 139 cm³/mol. The summed E-state index contributed by atoms with van der Waals surface area (Å²) in [5.74, 6) is 0.810. The third-order valence-corrected chi connectivity index (χ3v) is 5.76. The number of rotatable bonds is 9. The summed E-state index contributed by atoms with van der Waals surface area (Å²) in [4.78, 5) is 27.9. The highest BCUT2D eigenvalue weighted by Crippen LogP contribution is 2.26. The zero-order valence-corrected chi connectivity index (χ0v) is 21.6. The Labute approximate surface area is 208 Å². The first-order valence-corrected chi connectivity index (χ1v) is 12.0. The Morgan fingerprint density at radius 1 is 1.06 bits per heavy atom. The average Bonchev–Trinajstić information content (AvgIpc) is 3.26. The van der Waals surface area contributed by atoms with Crippen molar-refractivity contribution in [1.29, 1.82) is 0 Å². The Kier molecular flexibility index (Phi) is 8.33. The molecule has 2 amide bonds. The molecular formula is C28H36N4O3. The van der Waals surface area contributed by atoms with Crippen molar-refractivity contribution >= 4 is 17.6 Å². The van der Waals surface area contributed by atoms with Gasteiger partial charge in [0, 0.05) is 23.6 Å². The van der Waals surface area contributed by atoms with E-state index in [2.05, 4.69) is 33.0 Å². The molecule has 3 rings (SSSR count). The SMILES string of the molecule is CCCCN(CC(=O)Nc1cc(C(C)(C)C)nn1-c1ccc(C)cc1)C(=O)c1ccc(OC)cc1. The Balaban J connectivity index is 1.83. The third kappa shape index (κ3) is 6.72. The highest BCUT2D eigenvalue weighted by atomic mass is 16.5. The number of ether oxygens (including phenoxy) is 1. The fraction of sp³-hybridized carbons (Fsp3) is 0.393. The van der Waals surface area contributed by atoms with Gasteiger partial charge in [-0.25, -0.2) is 4.68 Å². The number of amides is 2. The number of nitrogens with one attached hydrogen (secondary N) is 1. The van der Waals surface area contributed by atoms with Crippen molar-refractivity contribution in [2.75, 3.05) is 25.5 Å². The third-order valence-electron chi connectivity index (χ3n) is 5.76. The van der Waals surface area contributed by atoms with Gasteiger partial charge in [0.15, 0.2) is 0 Å². The number of hydrogen-bond acceptors (Lipinski definition) is 4. The Morgan fingerprint density at radius 3 is 2.29 bits per heavy atom. The first kappa shape index (κ1) is 26.0. The number of carbonyl (C=O) groups is 2. The molecule has 0 spiro atoms. The van der Waals surface area contributed by atoms with Crippen LogP contribution in [-0.2, 0) is 10.2 Å². The summed E-state index contributed by atoms with van der Waals surface area (Å²) in [5.41, 5.74) is 3.21. The van der Waals surface area contributed by atoms with E-state index in [-0.39, 0.29) is 23.8 Å². The van der Waals surface area contributed by atoms with Crippen molar-refractivity contribution in [3.63, 3.8) is 0 Å². The fourth-order valence-electron chi connectivity index (χ4n) is 3.59. The van der Waals surface area contributed by atoms with Gasteiger partial charge in [0.1, 0.15) is 18.1 Å². The van der Waals surface area contributed by atoms with E-state index in [9.17, 15) is 9.59 Å². The van der Waals surface area contributed by atoms with Gasteiger partial charge in [-0.05, 0) is 49.7 Å². The van der Waals surface area contributed by atoms with Gasteiger partial charge in [-0.3, -0.25) is 9.59 Å². The number of unbranched alkanes of at least 4 members (excludes halogenated alkanes) is 1. The second-order valence-corrected chi connectivity index (χ2v) is 9.77. The summed E-state index contributed by atoms with van der Waals surface area (Å²) in [6, 6.07) is 16.8. The topological polar surface area (TPSA) is 76.5 Å². The predicted octanol–water partition coefficient (Wildman–Crippen LogP) is 5.37. The number of aromatic nitrogens is 2. The molecule has 7 heteroatoms. The van der Waals surface area contributed by atoms with Crippen LogP contribution in [0.4, 0.5) is 5.82 Å².